The zero-order chi connectivity index (χ0) is 17.7. The molecule has 3 rings (SSSR count). The van der Waals surface area contributed by atoms with Gasteiger partial charge in [0.15, 0.2) is 5.01 Å². The van der Waals surface area contributed by atoms with Gasteiger partial charge in [-0.05, 0) is 29.8 Å². The summed E-state index contributed by atoms with van der Waals surface area (Å²) in [6.07, 6.45) is 0. The average Bonchev–Trinajstić information content (AvgIpc) is 3.01. The molecule has 0 spiro atoms. The third-order valence-corrected chi connectivity index (χ3v) is 5.50. The molecule has 1 N–H and O–H groups in total. The number of sulfonamides is 1. The van der Waals surface area contributed by atoms with E-state index in [4.69, 9.17) is 16.3 Å². The van der Waals surface area contributed by atoms with Gasteiger partial charge in [-0.3, -0.25) is 4.72 Å². The highest BCUT2D eigenvalue weighted by atomic mass is 35.5. The Labute approximate surface area is 154 Å². The maximum absolute atomic E-state index is 12.2. The Bertz CT molecular complexity index is 929. The molecule has 0 unspecified atom stereocenters. The lowest BCUT2D eigenvalue weighted by molar-refractivity contribution is 0.304. The van der Waals surface area contributed by atoms with Gasteiger partial charge in [0.1, 0.15) is 12.4 Å². The van der Waals surface area contributed by atoms with E-state index in [1.807, 2.05) is 6.07 Å². The minimum atomic E-state index is -3.54. The van der Waals surface area contributed by atoms with Crippen molar-refractivity contribution in [1.82, 2.24) is 10.2 Å². The number of ether oxygens (including phenoxy) is 1. The SMILES string of the molecule is O=S(=O)(Cc1ccccc1)Nc1nnc(COc2ccc(Cl)cc2)s1. The molecule has 1 heterocycles. The molecule has 0 radical (unpaired) electrons. The van der Waals surface area contributed by atoms with Crippen LogP contribution in [0.3, 0.4) is 0 Å². The number of benzene rings is 2. The zero-order valence-electron chi connectivity index (χ0n) is 12.9. The first-order valence-electron chi connectivity index (χ1n) is 7.25. The maximum Gasteiger partial charge on any atom is 0.238 e. The van der Waals surface area contributed by atoms with Crippen molar-refractivity contribution in [1.29, 1.82) is 0 Å². The molecule has 2 aromatic carbocycles. The Hall–Kier alpha value is -2.16. The minimum absolute atomic E-state index is 0.121. The zero-order valence-corrected chi connectivity index (χ0v) is 15.3. The molecule has 0 bridgehead atoms. The fourth-order valence-corrected chi connectivity index (χ4v) is 4.18. The molecule has 1 aromatic heterocycles. The first-order chi connectivity index (χ1) is 12.0. The van der Waals surface area contributed by atoms with Crippen molar-refractivity contribution < 1.29 is 13.2 Å². The standard InChI is InChI=1S/C16H14ClN3O3S2/c17-13-6-8-14(9-7-13)23-10-15-18-19-16(24-15)20-25(21,22)11-12-4-2-1-3-5-12/h1-9H,10-11H2,(H,19,20). The van der Waals surface area contributed by atoms with Crippen LogP contribution in [0.15, 0.2) is 54.6 Å². The number of nitrogens with one attached hydrogen (secondary N) is 1. The molecular weight excluding hydrogens is 382 g/mol. The van der Waals surface area contributed by atoms with Crippen LogP contribution in [0.25, 0.3) is 0 Å². The van der Waals surface area contributed by atoms with Crippen LogP contribution in [0.4, 0.5) is 5.13 Å². The van der Waals surface area contributed by atoms with Crippen LogP contribution in [0.5, 0.6) is 5.75 Å². The van der Waals surface area contributed by atoms with Gasteiger partial charge >= 0.3 is 0 Å². The number of hydrogen-bond acceptors (Lipinski definition) is 6. The molecule has 0 amide bonds. The Kier molecular flexibility index (Phi) is 5.52. The van der Waals surface area contributed by atoms with Gasteiger partial charge in [0.2, 0.25) is 15.2 Å². The molecule has 0 saturated heterocycles. The van der Waals surface area contributed by atoms with E-state index in [2.05, 4.69) is 14.9 Å². The molecule has 3 aromatic rings. The molecule has 0 saturated carbocycles. The number of aromatic nitrogens is 2. The molecule has 25 heavy (non-hydrogen) atoms. The second kappa shape index (κ2) is 7.81. The minimum Gasteiger partial charge on any atom is -0.486 e. The van der Waals surface area contributed by atoms with E-state index in [0.29, 0.717) is 21.3 Å². The van der Waals surface area contributed by atoms with Gasteiger partial charge in [-0.25, -0.2) is 8.42 Å². The molecule has 0 aliphatic rings. The van der Waals surface area contributed by atoms with Gasteiger partial charge in [0.25, 0.3) is 0 Å². The molecule has 9 heteroatoms. The molecular formula is C16H14ClN3O3S2. The summed E-state index contributed by atoms with van der Waals surface area (Å²) in [6.45, 7) is 0.194. The van der Waals surface area contributed by atoms with Crippen molar-refractivity contribution >= 4 is 38.1 Å². The van der Waals surface area contributed by atoms with Crippen molar-refractivity contribution in [3.8, 4) is 5.75 Å². The lowest BCUT2D eigenvalue weighted by atomic mass is 10.2. The Morgan fingerprint density at radius 3 is 2.48 bits per heavy atom. The molecule has 0 fully saturated rings. The van der Waals surface area contributed by atoms with Crippen LogP contribution in [-0.2, 0) is 22.4 Å². The van der Waals surface area contributed by atoms with Crippen molar-refractivity contribution in [2.45, 2.75) is 12.4 Å². The Balaban J connectivity index is 1.58. The smallest absolute Gasteiger partial charge is 0.238 e. The quantitative estimate of drug-likeness (QED) is 0.659. The van der Waals surface area contributed by atoms with Gasteiger partial charge < -0.3 is 4.74 Å². The molecule has 0 aliphatic carbocycles. The summed E-state index contributed by atoms with van der Waals surface area (Å²) in [5, 5.41) is 9.18. The van der Waals surface area contributed by atoms with E-state index in [0.717, 1.165) is 11.3 Å². The average molecular weight is 396 g/mol. The fraction of sp³-hybridized carbons (Fsp3) is 0.125. The summed E-state index contributed by atoms with van der Waals surface area (Å²) in [4.78, 5) is 0. The van der Waals surface area contributed by atoms with Crippen molar-refractivity contribution in [2.75, 3.05) is 4.72 Å². The van der Waals surface area contributed by atoms with E-state index < -0.39 is 10.0 Å². The van der Waals surface area contributed by atoms with E-state index in [9.17, 15) is 8.42 Å². The first-order valence-corrected chi connectivity index (χ1v) is 10.1. The van der Waals surface area contributed by atoms with Crippen LogP contribution in [0.2, 0.25) is 5.02 Å². The van der Waals surface area contributed by atoms with E-state index in [1.54, 1.807) is 48.5 Å². The van der Waals surface area contributed by atoms with Crippen LogP contribution >= 0.6 is 22.9 Å². The molecule has 6 nitrogen and oxygen atoms in total. The number of halogens is 1. The molecule has 130 valence electrons. The van der Waals surface area contributed by atoms with Gasteiger partial charge in [-0.2, -0.15) is 0 Å². The highest BCUT2D eigenvalue weighted by molar-refractivity contribution is 7.92. The summed E-state index contributed by atoms with van der Waals surface area (Å²) in [7, 11) is -3.54. The van der Waals surface area contributed by atoms with E-state index in [-0.39, 0.29) is 17.5 Å². The van der Waals surface area contributed by atoms with Gasteiger partial charge in [0.05, 0.1) is 5.75 Å². The van der Waals surface area contributed by atoms with Crippen LogP contribution in [-0.4, -0.2) is 18.6 Å². The fourth-order valence-electron chi connectivity index (χ4n) is 1.99. The monoisotopic (exact) mass is 395 g/mol. The Morgan fingerprint density at radius 1 is 1.04 bits per heavy atom. The summed E-state index contributed by atoms with van der Waals surface area (Å²) < 4.78 is 32.3. The topological polar surface area (TPSA) is 81.2 Å². The predicted molar refractivity (Wildman–Crippen MR) is 98.4 cm³/mol. The number of hydrogen-bond donors (Lipinski definition) is 1. The largest absolute Gasteiger partial charge is 0.486 e. The Morgan fingerprint density at radius 2 is 1.76 bits per heavy atom. The van der Waals surface area contributed by atoms with Gasteiger partial charge in [-0.15, -0.1) is 10.2 Å². The maximum atomic E-state index is 12.2. The highest BCUT2D eigenvalue weighted by Crippen LogP contribution is 2.21. The van der Waals surface area contributed by atoms with E-state index >= 15 is 0 Å². The second-order valence-corrected chi connectivity index (χ2v) is 8.31. The lowest BCUT2D eigenvalue weighted by Gasteiger charge is -2.04. The van der Waals surface area contributed by atoms with Crippen molar-refractivity contribution in [2.24, 2.45) is 0 Å². The van der Waals surface area contributed by atoms with Gasteiger partial charge in [0, 0.05) is 5.02 Å². The summed E-state index contributed by atoms with van der Waals surface area (Å²) >= 11 is 6.94. The number of rotatable bonds is 7. The van der Waals surface area contributed by atoms with Crippen LogP contribution < -0.4 is 9.46 Å². The summed E-state index contributed by atoms with van der Waals surface area (Å²) in [5.41, 5.74) is 0.700. The number of anilines is 1. The van der Waals surface area contributed by atoms with Crippen molar-refractivity contribution in [3.63, 3.8) is 0 Å². The van der Waals surface area contributed by atoms with Crippen molar-refractivity contribution in [3.05, 3.63) is 70.2 Å². The first kappa shape index (κ1) is 17.7. The predicted octanol–water partition coefficient (Wildman–Crippen LogP) is 3.71. The third kappa shape index (κ3) is 5.42. The number of nitrogens with zero attached hydrogens (tertiary/aromatic N) is 2. The summed E-state index contributed by atoms with van der Waals surface area (Å²) in [6, 6.07) is 15.9. The normalized spacial score (nSPS) is 11.2. The lowest BCUT2D eigenvalue weighted by Crippen LogP contribution is -2.14. The molecule has 0 atom stereocenters. The molecule has 0 aliphatic heterocycles. The second-order valence-electron chi connectivity index (χ2n) is 5.09. The van der Waals surface area contributed by atoms with Crippen LogP contribution in [0.1, 0.15) is 10.6 Å². The summed E-state index contributed by atoms with van der Waals surface area (Å²) in [5.74, 6) is 0.523. The third-order valence-electron chi connectivity index (χ3n) is 3.09. The highest BCUT2D eigenvalue weighted by Gasteiger charge is 2.15. The van der Waals surface area contributed by atoms with E-state index in [1.165, 1.54) is 0 Å². The van der Waals surface area contributed by atoms with Gasteiger partial charge in [-0.1, -0.05) is 53.3 Å². The van der Waals surface area contributed by atoms with Crippen LogP contribution in [0, 0.1) is 0 Å².